The van der Waals surface area contributed by atoms with Crippen molar-refractivity contribution in [1.82, 2.24) is 9.55 Å². The van der Waals surface area contributed by atoms with Crippen LogP contribution >= 0.6 is 0 Å². The Balaban J connectivity index is 1.62. The number of hydrogen-bond acceptors (Lipinski definition) is 5. The number of fused-ring (bicyclic) bond motifs is 1. The van der Waals surface area contributed by atoms with Crippen molar-refractivity contribution >= 4 is 28.1 Å². The van der Waals surface area contributed by atoms with Gasteiger partial charge < -0.3 is 20.1 Å². The number of benzene rings is 1. The van der Waals surface area contributed by atoms with Gasteiger partial charge in [-0.15, -0.1) is 0 Å². The van der Waals surface area contributed by atoms with Crippen LogP contribution in [0, 0.1) is 0 Å². The maximum absolute atomic E-state index is 12.1. The average molecular weight is 335 g/mol. The Labute approximate surface area is 146 Å². The van der Waals surface area contributed by atoms with E-state index in [4.69, 9.17) is 5.73 Å². The summed E-state index contributed by atoms with van der Waals surface area (Å²) in [7, 11) is 1.95. The molecule has 1 saturated heterocycles. The molecule has 0 saturated carbocycles. The van der Waals surface area contributed by atoms with Gasteiger partial charge in [-0.25, -0.2) is 4.98 Å². The second kappa shape index (κ2) is 6.12. The van der Waals surface area contributed by atoms with Crippen LogP contribution in [0.15, 0.2) is 53.6 Å². The van der Waals surface area contributed by atoms with Crippen LogP contribution in [0.4, 0.5) is 17.2 Å². The van der Waals surface area contributed by atoms with Crippen molar-refractivity contribution < 1.29 is 0 Å². The molecular formula is C19H21N5O. The Morgan fingerprint density at radius 3 is 2.52 bits per heavy atom. The van der Waals surface area contributed by atoms with Gasteiger partial charge in [-0.2, -0.15) is 0 Å². The van der Waals surface area contributed by atoms with Crippen LogP contribution in [-0.4, -0.2) is 35.7 Å². The third kappa shape index (κ3) is 2.80. The van der Waals surface area contributed by atoms with Gasteiger partial charge in [0, 0.05) is 57.1 Å². The van der Waals surface area contributed by atoms with Crippen molar-refractivity contribution in [2.75, 3.05) is 41.7 Å². The fraction of sp³-hybridized carbons (Fsp3) is 0.263. The molecule has 128 valence electrons. The molecule has 1 aliphatic rings. The lowest BCUT2D eigenvalue weighted by atomic mass is 10.1. The zero-order valence-corrected chi connectivity index (χ0v) is 14.2. The fourth-order valence-corrected chi connectivity index (χ4v) is 3.42. The van der Waals surface area contributed by atoms with E-state index in [-0.39, 0.29) is 5.43 Å². The molecule has 2 aromatic heterocycles. The SMILES string of the molecule is Cn1ccc(=O)c2cc(N)c(N3CCN(c4ccccn4)CC3)cc21. The number of hydrogen-bond donors (Lipinski definition) is 1. The van der Waals surface area contributed by atoms with E-state index < -0.39 is 0 Å². The number of nitrogens with zero attached hydrogens (tertiary/aromatic N) is 4. The molecule has 0 atom stereocenters. The number of nitrogens with two attached hydrogens (primary N) is 1. The van der Waals surface area contributed by atoms with Gasteiger partial charge in [-0.05, 0) is 24.3 Å². The normalized spacial score (nSPS) is 14.9. The summed E-state index contributed by atoms with van der Waals surface area (Å²) in [5.41, 5.74) is 8.83. The van der Waals surface area contributed by atoms with E-state index >= 15 is 0 Å². The van der Waals surface area contributed by atoms with Gasteiger partial charge >= 0.3 is 0 Å². The summed E-state index contributed by atoms with van der Waals surface area (Å²) in [6.45, 7) is 3.52. The zero-order chi connectivity index (χ0) is 17.4. The van der Waals surface area contributed by atoms with Crippen LogP contribution in [0.1, 0.15) is 0 Å². The van der Waals surface area contributed by atoms with Gasteiger partial charge in [-0.3, -0.25) is 4.79 Å². The summed E-state index contributed by atoms with van der Waals surface area (Å²) in [5.74, 6) is 1.01. The first-order valence-corrected chi connectivity index (χ1v) is 8.43. The minimum atomic E-state index is 0.00585. The van der Waals surface area contributed by atoms with Crippen molar-refractivity contribution in [2.24, 2.45) is 7.05 Å². The molecule has 6 heteroatoms. The maximum atomic E-state index is 12.1. The number of rotatable bonds is 2. The van der Waals surface area contributed by atoms with Gasteiger partial charge in [0.1, 0.15) is 5.82 Å². The second-order valence-corrected chi connectivity index (χ2v) is 6.38. The van der Waals surface area contributed by atoms with Crippen molar-refractivity contribution in [2.45, 2.75) is 0 Å². The summed E-state index contributed by atoms with van der Waals surface area (Å²) < 4.78 is 1.96. The molecule has 3 aromatic rings. The standard InChI is InChI=1S/C19H21N5O/c1-22-7-5-18(25)14-12-15(20)17(13-16(14)22)23-8-10-24(11-9-23)19-4-2-3-6-21-19/h2-7,12-13H,8-11,20H2,1H3. The summed E-state index contributed by atoms with van der Waals surface area (Å²) >= 11 is 0. The molecule has 25 heavy (non-hydrogen) atoms. The molecule has 1 aliphatic heterocycles. The molecule has 0 spiro atoms. The van der Waals surface area contributed by atoms with Gasteiger partial charge in [0.05, 0.1) is 16.9 Å². The van der Waals surface area contributed by atoms with Crippen molar-refractivity contribution in [1.29, 1.82) is 0 Å². The maximum Gasteiger partial charge on any atom is 0.189 e. The summed E-state index contributed by atoms with van der Waals surface area (Å²) in [6.07, 6.45) is 3.62. The lowest BCUT2D eigenvalue weighted by molar-refractivity contribution is 0.648. The van der Waals surface area contributed by atoms with Crippen LogP contribution in [0.25, 0.3) is 10.9 Å². The highest BCUT2D eigenvalue weighted by atomic mass is 16.1. The molecule has 1 fully saturated rings. The molecule has 2 N–H and O–H groups in total. The lowest BCUT2D eigenvalue weighted by Gasteiger charge is -2.37. The largest absolute Gasteiger partial charge is 0.397 e. The highest BCUT2D eigenvalue weighted by Crippen LogP contribution is 2.29. The van der Waals surface area contributed by atoms with Gasteiger partial charge in [0.25, 0.3) is 0 Å². The highest BCUT2D eigenvalue weighted by Gasteiger charge is 2.20. The van der Waals surface area contributed by atoms with Crippen LogP contribution in [-0.2, 0) is 7.05 Å². The number of piperazine rings is 1. The molecule has 0 bridgehead atoms. The number of anilines is 3. The smallest absolute Gasteiger partial charge is 0.189 e. The highest BCUT2D eigenvalue weighted by molar-refractivity contribution is 5.89. The molecule has 0 radical (unpaired) electrons. The van der Waals surface area contributed by atoms with E-state index in [0.29, 0.717) is 11.1 Å². The van der Waals surface area contributed by atoms with Crippen LogP contribution in [0.2, 0.25) is 0 Å². The summed E-state index contributed by atoms with van der Waals surface area (Å²) in [5, 5.41) is 0.665. The van der Waals surface area contributed by atoms with Gasteiger partial charge in [0.2, 0.25) is 0 Å². The van der Waals surface area contributed by atoms with Crippen molar-refractivity contribution in [3.05, 3.63) is 59.0 Å². The molecule has 4 rings (SSSR count). The Hall–Kier alpha value is -3.02. The van der Waals surface area contributed by atoms with E-state index in [9.17, 15) is 4.79 Å². The van der Waals surface area contributed by atoms with Crippen LogP contribution < -0.4 is 21.0 Å². The summed E-state index contributed by atoms with van der Waals surface area (Å²) in [4.78, 5) is 21.1. The first kappa shape index (κ1) is 15.5. The number of pyridine rings is 2. The Bertz CT molecular complexity index is 959. The first-order valence-electron chi connectivity index (χ1n) is 8.43. The van der Waals surface area contributed by atoms with Crippen molar-refractivity contribution in [3.63, 3.8) is 0 Å². The van der Waals surface area contributed by atoms with E-state index in [2.05, 4.69) is 14.8 Å². The topological polar surface area (TPSA) is 67.4 Å². The minimum Gasteiger partial charge on any atom is -0.397 e. The molecule has 0 unspecified atom stereocenters. The van der Waals surface area contributed by atoms with Gasteiger partial charge in [0.15, 0.2) is 5.43 Å². The molecular weight excluding hydrogens is 314 g/mol. The zero-order valence-electron chi connectivity index (χ0n) is 14.2. The van der Waals surface area contributed by atoms with E-state index in [0.717, 1.165) is 43.2 Å². The monoisotopic (exact) mass is 335 g/mol. The third-order valence-corrected chi connectivity index (χ3v) is 4.83. The molecule has 6 nitrogen and oxygen atoms in total. The summed E-state index contributed by atoms with van der Waals surface area (Å²) in [6, 6.07) is 11.4. The number of aryl methyl sites for hydroxylation is 1. The lowest BCUT2D eigenvalue weighted by Crippen LogP contribution is -2.47. The Morgan fingerprint density at radius 2 is 1.80 bits per heavy atom. The van der Waals surface area contributed by atoms with Crippen molar-refractivity contribution in [3.8, 4) is 0 Å². The average Bonchev–Trinajstić information content (AvgIpc) is 2.65. The number of nitrogen functional groups attached to an aromatic ring is 1. The van der Waals surface area contributed by atoms with Gasteiger partial charge in [-0.1, -0.05) is 6.07 Å². The predicted molar refractivity (Wildman–Crippen MR) is 102 cm³/mol. The molecule has 0 amide bonds. The van der Waals surface area contributed by atoms with Crippen LogP contribution in [0.5, 0.6) is 0 Å². The second-order valence-electron chi connectivity index (χ2n) is 6.38. The molecule has 0 aliphatic carbocycles. The van der Waals surface area contributed by atoms with E-state index in [1.807, 2.05) is 42.1 Å². The fourth-order valence-electron chi connectivity index (χ4n) is 3.42. The first-order chi connectivity index (χ1) is 12.1. The number of aromatic nitrogens is 2. The Morgan fingerprint density at radius 1 is 1.04 bits per heavy atom. The quantitative estimate of drug-likeness (QED) is 0.724. The third-order valence-electron chi connectivity index (χ3n) is 4.83. The predicted octanol–water partition coefficient (Wildman–Crippen LogP) is 1.84. The minimum absolute atomic E-state index is 0.00585. The van der Waals surface area contributed by atoms with Crippen LogP contribution in [0.3, 0.4) is 0 Å². The molecule has 3 heterocycles. The van der Waals surface area contributed by atoms with E-state index in [1.54, 1.807) is 18.3 Å². The van der Waals surface area contributed by atoms with E-state index in [1.165, 1.54) is 0 Å². The molecule has 1 aromatic carbocycles. The Kier molecular flexibility index (Phi) is 3.80.